The van der Waals surface area contributed by atoms with Crippen LogP contribution in [0.4, 0.5) is 4.39 Å². The molecule has 1 nitrogen and oxygen atoms in total. The predicted octanol–water partition coefficient (Wildman–Crippen LogP) is 3.72. The van der Waals surface area contributed by atoms with E-state index >= 15 is 0 Å². The first-order chi connectivity index (χ1) is 7.18. The SMILES string of the molecule is O=C1CCCC=C1c1cc(Br)ccc1F. The number of hydrogen-bond donors (Lipinski definition) is 0. The van der Waals surface area contributed by atoms with E-state index in [4.69, 9.17) is 0 Å². The first kappa shape index (κ1) is 10.6. The molecule has 0 bridgehead atoms. The highest BCUT2D eigenvalue weighted by atomic mass is 79.9. The molecule has 0 saturated carbocycles. The van der Waals surface area contributed by atoms with Gasteiger partial charge in [0.1, 0.15) is 5.82 Å². The van der Waals surface area contributed by atoms with Crippen LogP contribution in [0, 0.1) is 5.82 Å². The molecule has 0 amide bonds. The summed E-state index contributed by atoms with van der Waals surface area (Å²) >= 11 is 3.28. The van der Waals surface area contributed by atoms with E-state index in [9.17, 15) is 9.18 Å². The minimum absolute atomic E-state index is 0.0400. The first-order valence-corrected chi connectivity index (χ1v) is 5.66. The summed E-state index contributed by atoms with van der Waals surface area (Å²) in [4.78, 5) is 11.6. The van der Waals surface area contributed by atoms with Gasteiger partial charge in [0, 0.05) is 22.0 Å². The van der Waals surface area contributed by atoms with Crippen molar-refractivity contribution in [3.8, 4) is 0 Å². The number of carbonyl (C=O) groups is 1. The fourth-order valence-electron chi connectivity index (χ4n) is 1.72. The Hall–Kier alpha value is -0.960. The van der Waals surface area contributed by atoms with Crippen LogP contribution in [0.25, 0.3) is 5.57 Å². The lowest BCUT2D eigenvalue weighted by Gasteiger charge is -2.12. The third-order valence-electron chi connectivity index (χ3n) is 2.48. The molecule has 0 unspecified atom stereocenters. The molecule has 0 fully saturated rings. The number of allylic oxidation sites excluding steroid dienone is 2. The molecule has 0 spiro atoms. The van der Waals surface area contributed by atoms with Crippen molar-refractivity contribution in [3.05, 3.63) is 40.1 Å². The largest absolute Gasteiger partial charge is 0.294 e. The van der Waals surface area contributed by atoms with Gasteiger partial charge in [-0.15, -0.1) is 0 Å². The maximum absolute atomic E-state index is 13.5. The molecule has 0 heterocycles. The maximum Gasteiger partial charge on any atom is 0.163 e. The van der Waals surface area contributed by atoms with Crippen LogP contribution in [-0.4, -0.2) is 5.78 Å². The third-order valence-corrected chi connectivity index (χ3v) is 2.97. The number of ketones is 1. The van der Waals surface area contributed by atoms with Crippen molar-refractivity contribution >= 4 is 27.3 Å². The van der Waals surface area contributed by atoms with E-state index in [1.54, 1.807) is 12.1 Å². The minimum atomic E-state index is -0.334. The van der Waals surface area contributed by atoms with Crippen molar-refractivity contribution < 1.29 is 9.18 Å². The zero-order valence-electron chi connectivity index (χ0n) is 8.09. The molecule has 0 atom stereocenters. The van der Waals surface area contributed by atoms with Crippen LogP contribution < -0.4 is 0 Å². The van der Waals surface area contributed by atoms with Crippen molar-refractivity contribution in [1.82, 2.24) is 0 Å². The van der Waals surface area contributed by atoms with E-state index in [2.05, 4.69) is 15.9 Å². The normalized spacial score (nSPS) is 16.4. The monoisotopic (exact) mass is 268 g/mol. The van der Waals surface area contributed by atoms with Gasteiger partial charge in [0.25, 0.3) is 0 Å². The van der Waals surface area contributed by atoms with Crippen molar-refractivity contribution in [3.63, 3.8) is 0 Å². The number of carbonyl (C=O) groups excluding carboxylic acids is 1. The molecular weight excluding hydrogens is 259 g/mol. The molecule has 0 saturated heterocycles. The number of hydrogen-bond acceptors (Lipinski definition) is 1. The molecule has 1 aliphatic rings. The van der Waals surface area contributed by atoms with Gasteiger partial charge in [-0.3, -0.25) is 4.79 Å². The fourth-order valence-corrected chi connectivity index (χ4v) is 2.08. The first-order valence-electron chi connectivity index (χ1n) is 4.87. The minimum Gasteiger partial charge on any atom is -0.294 e. The third kappa shape index (κ3) is 2.17. The van der Waals surface area contributed by atoms with Crippen molar-refractivity contribution in [2.45, 2.75) is 19.3 Å². The van der Waals surface area contributed by atoms with E-state index in [0.29, 0.717) is 17.6 Å². The van der Waals surface area contributed by atoms with Crippen LogP contribution in [0.2, 0.25) is 0 Å². The molecule has 78 valence electrons. The lowest BCUT2D eigenvalue weighted by atomic mass is 9.92. The number of rotatable bonds is 1. The molecule has 0 aromatic heterocycles. The van der Waals surface area contributed by atoms with E-state index in [0.717, 1.165) is 17.3 Å². The van der Waals surface area contributed by atoms with Gasteiger partial charge >= 0.3 is 0 Å². The Kier molecular flexibility index (Phi) is 3.00. The average molecular weight is 269 g/mol. The summed E-state index contributed by atoms with van der Waals surface area (Å²) in [6, 6.07) is 4.67. The van der Waals surface area contributed by atoms with Crippen molar-refractivity contribution in [2.24, 2.45) is 0 Å². The van der Waals surface area contributed by atoms with Gasteiger partial charge < -0.3 is 0 Å². The lowest BCUT2D eigenvalue weighted by molar-refractivity contribution is -0.114. The molecule has 3 heteroatoms. The van der Waals surface area contributed by atoms with Gasteiger partial charge in [0.15, 0.2) is 5.78 Å². The Morgan fingerprint density at radius 2 is 2.13 bits per heavy atom. The molecule has 0 radical (unpaired) electrons. The average Bonchev–Trinajstić information content (AvgIpc) is 2.23. The molecule has 2 rings (SSSR count). The summed E-state index contributed by atoms with van der Waals surface area (Å²) in [5.74, 6) is -0.294. The van der Waals surface area contributed by atoms with Gasteiger partial charge in [-0.2, -0.15) is 0 Å². The second-order valence-electron chi connectivity index (χ2n) is 3.56. The second kappa shape index (κ2) is 4.27. The highest BCUT2D eigenvalue weighted by Gasteiger charge is 2.18. The maximum atomic E-state index is 13.5. The van der Waals surface area contributed by atoms with Crippen LogP contribution in [0.5, 0.6) is 0 Å². The molecule has 1 aromatic rings. The lowest BCUT2D eigenvalue weighted by Crippen LogP contribution is -2.07. The van der Waals surface area contributed by atoms with Crippen LogP contribution in [-0.2, 0) is 4.79 Å². The highest BCUT2D eigenvalue weighted by Crippen LogP contribution is 2.27. The van der Waals surface area contributed by atoms with Gasteiger partial charge in [0.2, 0.25) is 0 Å². The van der Waals surface area contributed by atoms with Gasteiger partial charge in [-0.1, -0.05) is 22.0 Å². The Bertz CT molecular complexity index is 437. The summed E-state index contributed by atoms with van der Waals surface area (Å²) in [5, 5.41) is 0. The van der Waals surface area contributed by atoms with Crippen LogP contribution >= 0.6 is 15.9 Å². The Morgan fingerprint density at radius 3 is 2.87 bits per heavy atom. The number of Topliss-reactive ketones (excluding diaryl/α,β-unsaturated/α-hetero) is 1. The molecule has 1 aromatic carbocycles. The zero-order chi connectivity index (χ0) is 10.8. The Labute approximate surface area is 96.1 Å². The van der Waals surface area contributed by atoms with E-state index < -0.39 is 0 Å². The van der Waals surface area contributed by atoms with E-state index in [1.807, 2.05) is 6.08 Å². The molecule has 1 aliphatic carbocycles. The quantitative estimate of drug-likeness (QED) is 0.759. The van der Waals surface area contributed by atoms with Gasteiger partial charge in [0.05, 0.1) is 0 Å². The van der Waals surface area contributed by atoms with Crippen molar-refractivity contribution in [1.29, 1.82) is 0 Å². The topological polar surface area (TPSA) is 17.1 Å². The highest BCUT2D eigenvalue weighted by molar-refractivity contribution is 9.10. The Balaban J connectivity index is 2.48. The Morgan fingerprint density at radius 1 is 1.33 bits per heavy atom. The van der Waals surface area contributed by atoms with Gasteiger partial charge in [-0.05, 0) is 31.0 Å². The number of benzene rings is 1. The van der Waals surface area contributed by atoms with E-state index in [-0.39, 0.29) is 11.6 Å². The predicted molar refractivity (Wildman–Crippen MR) is 60.9 cm³/mol. The van der Waals surface area contributed by atoms with E-state index in [1.165, 1.54) is 6.07 Å². The molecular formula is C12H10BrFO. The summed E-state index contributed by atoms with van der Waals surface area (Å²) in [6.45, 7) is 0. The van der Waals surface area contributed by atoms with Crippen LogP contribution in [0.3, 0.4) is 0 Å². The second-order valence-corrected chi connectivity index (χ2v) is 4.47. The smallest absolute Gasteiger partial charge is 0.163 e. The zero-order valence-corrected chi connectivity index (χ0v) is 9.68. The summed E-state index contributed by atoms with van der Waals surface area (Å²) in [6.07, 6.45) is 4.08. The summed E-state index contributed by atoms with van der Waals surface area (Å²) in [7, 11) is 0. The number of halogens is 2. The fraction of sp³-hybridized carbons (Fsp3) is 0.250. The molecule has 15 heavy (non-hydrogen) atoms. The van der Waals surface area contributed by atoms with Crippen LogP contribution in [0.15, 0.2) is 28.7 Å². The molecule has 0 aliphatic heterocycles. The van der Waals surface area contributed by atoms with Crippen LogP contribution in [0.1, 0.15) is 24.8 Å². The summed E-state index contributed by atoms with van der Waals surface area (Å²) < 4.78 is 14.3. The summed E-state index contributed by atoms with van der Waals surface area (Å²) in [5.41, 5.74) is 0.939. The van der Waals surface area contributed by atoms with Crippen molar-refractivity contribution in [2.75, 3.05) is 0 Å². The van der Waals surface area contributed by atoms with Gasteiger partial charge in [-0.25, -0.2) is 4.39 Å². The standard InChI is InChI=1S/C12H10BrFO/c13-8-5-6-11(14)10(7-8)9-3-1-2-4-12(9)15/h3,5-7H,1-2,4H2. The molecule has 0 N–H and O–H groups in total.